The topological polar surface area (TPSA) is 133 Å². The molecule has 6 rings (SSSR count). The molecule has 2 fully saturated rings. The minimum absolute atomic E-state index is 0.0699. The first-order chi connectivity index (χ1) is 17.8. The van der Waals surface area contributed by atoms with Crippen LogP contribution >= 0.6 is 11.8 Å². The summed E-state index contributed by atoms with van der Waals surface area (Å²) in [4.78, 5) is 26.5. The maximum absolute atomic E-state index is 13.3. The quantitative estimate of drug-likeness (QED) is 0.503. The van der Waals surface area contributed by atoms with Gasteiger partial charge in [-0.2, -0.15) is 5.26 Å². The van der Waals surface area contributed by atoms with Crippen molar-refractivity contribution in [1.82, 2.24) is 24.4 Å². The van der Waals surface area contributed by atoms with E-state index in [0.717, 1.165) is 19.3 Å². The number of rotatable bonds is 6. The van der Waals surface area contributed by atoms with E-state index in [1.54, 1.807) is 23.4 Å². The van der Waals surface area contributed by atoms with Gasteiger partial charge in [0.1, 0.15) is 17.5 Å². The molecule has 3 aromatic rings. The number of imidazole rings is 1. The Morgan fingerprint density at radius 1 is 1.30 bits per heavy atom. The van der Waals surface area contributed by atoms with E-state index in [4.69, 9.17) is 14.9 Å². The standard InChI is InChI=1S/C24H23F2N7O3S/c25-24(26)9-15(24)22(34)32-4-1-13(2-5-32)3-6-33-11-29-20(28)19-21(33)31-23(30-19)37-18-8-17-16(35-12-36-17)7-14(18)10-27/h7-8,11,13,15,28H,1-6,9,12H2,(H,30,31). The Morgan fingerprint density at radius 3 is 2.73 bits per heavy atom. The number of likely N-dealkylation sites (tertiary alicyclic amines) is 1. The summed E-state index contributed by atoms with van der Waals surface area (Å²) >= 11 is 1.26. The second-order valence-corrected chi connectivity index (χ2v) is 10.5. The lowest BCUT2D eigenvalue weighted by molar-refractivity contribution is -0.136. The fourth-order valence-corrected chi connectivity index (χ4v) is 5.71. The van der Waals surface area contributed by atoms with Gasteiger partial charge in [-0.05, 0) is 31.2 Å². The number of hydrogen-bond acceptors (Lipinski definition) is 8. The van der Waals surface area contributed by atoms with E-state index in [9.17, 15) is 18.8 Å². The number of H-pyrrole nitrogens is 1. The number of aromatic nitrogens is 4. The Balaban J connectivity index is 1.14. The Hall–Kier alpha value is -3.66. The molecule has 10 nitrogen and oxygen atoms in total. The first kappa shape index (κ1) is 23.7. The molecule has 2 aromatic heterocycles. The van der Waals surface area contributed by atoms with Crippen LogP contribution in [0.15, 0.2) is 28.5 Å². The number of alkyl halides is 2. The van der Waals surface area contributed by atoms with Crippen LogP contribution in [0.2, 0.25) is 0 Å². The fraction of sp³-hybridized carbons (Fsp3) is 0.458. The van der Waals surface area contributed by atoms with Gasteiger partial charge in [0.15, 0.2) is 27.8 Å². The maximum Gasteiger partial charge on any atom is 0.260 e. The van der Waals surface area contributed by atoms with Crippen LogP contribution < -0.4 is 15.0 Å². The molecule has 1 atom stereocenters. The molecule has 0 radical (unpaired) electrons. The molecule has 37 heavy (non-hydrogen) atoms. The minimum atomic E-state index is -2.83. The largest absolute Gasteiger partial charge is 0.454 e. The minimum Gasteiger partial charge on any atom is -0.454 e. The number of hydrogen-bond donors (Lipinski definition) is 2. The predicted molar refractivity (Wildman–Crippen MR) is 126 cm³/mol. The SMILES string of the molecule is N#Cc1cc2c(cc1Sc1nc3c([nH]1)c(=N)ncn3CCC1CCN(C(=O)C3CC3(F)F)CC1)OCO2. The molecule has 1 unspecified atom stereocenters. The lowest BCUT2D eigenvalue weighted by Crippen LogP contribution is -2.40. The Labute approximate surface area is 214 Å². The average molecular weight is 528 g/mol. The summed E-state index contributed by atoms with van der Waals surface area (Å²) in [6, 6.07) is 5.55. The number of fused-ring (bicyclic) bond motifs is 2. The molecule has 1 saturated carbocycles. The molecule has 0 bridgehead atoms. The lowest BCUT2D eigenvalue weighted by Gasteiger charge is -2.32. The zero-order valence-electron chi connectivity index (χ0n) is 19.7. The zero-order valence-corrected chi connectivity index (χ0v) is 20.5. The molecule has 13 heteroatoms. The van der Waals surface area contributed by atoms with Crippen LogP contribution in [0.4, 0.5) is 8.78 Å². The first-order valence-corrected chi connectivity index (χ1v) is 12.8. The monoisotopic (exact) mass is 527 g/mol. The van der Waals surface area contributed by atoms with E-state index >= 15 is 0 Å². The smallest absolute Gasteiger partial charge is 0.260 e. The molecule has 1 saturated heterocycles. The molecule has 3 aliphatic rings. The first-order valence-electron chi connectivity index (χ1n) is 12.0. The van der Waals surface area contributed by atoms with Crippen molar-refractivity contribution < 1.29 is 23.0 Å². The Kier molecular flexibility index (Phi) is 5.78. The van der Waals surface area contributed by atoms with Gasteiger partial charge in [-0.25, -0.2) is 18.7 Å². The summed E-state index contributed by atoms with van der Waals surface area (Å²) in [5, 5.41) is 18.3. The summed E-state index contributed by atoms with van der Waals surface area (Å²) in [6.45, 7) is 1.73. The molecular formula is C24H23F2N7O3S. The highest BCUT2D eigenvalue weighted by atomic mass is 32.2. The highest BCUT2D eigenvalue weighted by molar-refractivity contribution is 7.99. The van der Waals surface area contributed by atoms with Crippen molar-refractivity contribution in [3.05, 3.63) is 29.5 Å². The number of amides is 1. The number of benzene rings is 1. The van der Waals surface area contributed by atoms with Crippen molar-refractivity contribution >= 4 is 28.8 Å². The van der Waals surface area contributed by atoms with E-state index in [1.165, 1.54) is 11.8 Å². The van der Waals surface area contributed by atoms with Crippen LogP contribution in [0.5, 0.6) is 11.5 Å². The molecule has 1 amide bonds. The van der Waals surface area contributed by atoms with Crippen LogP contribution in [-0.2, 0) is 11.3 Å². The molecule has 1 aliphatic carbocycles. The van der Waals surface area contributed by atoms with Crippen LogP contribution in [-0.4, -0.2) is 56.1 Å². The predicted octanol–water partition coefficient (Wildman–Crippen LogP) is 3.27. The summed E-state index contributed by atoms with van der Waals surface area (Å²) in [7, 11) is 0. The number of ether oxygens (including phenoxy) is 2. The zero-order chi connectivity index (χ0) is 25.7. The number of piperidine rings is 1. The third kappa shape index (κ3) is 4.50. The van der Waals surface area contributed by atoms with Crippen molar-refractivity contribution in [1.29, 1.82) is 10.7 Å². The van der Waals surface area contributed by atoms with Crippen molar-refractivity contribution in [2.24, 2.45) is 11.8 Å². The molecule has 0 spiro atoms. The number of aromatic amines is 1. The van der Waals surface area contributed by atoms with Crippen molar-refractivity contribution in [2.45, 2.75) is 48.2 Å². The summed E-state index contributed by atoms with van der Waals surface area (Å²) in [5.74, 6) is -2.93. The normalized spacial score (nSPS) is 20.2. The Bertz CT molecular complexity index is 1490. The second kappa shape index (κ2) is 9.02. The van der Waals surface area contributed by atoms with Crippen LogP contribution in [0.1, 0.15) is 31.2 Å². The lowest BCUT2D eigenvalue weighted by atomic mass is 9.93. The van der Waals surface area contributed by atoms with Crippen LogP contribution in [0, 0.1) is 28.6 Å². The van der Waals surface area contributed by atoms with Gasteiger partial charge in [0.2, 0.25) is 12.7 Å². The van der Waals surface area contributed by atoms with Crippen molar-refractivity contribution in [3.63, 3.8) is 0 Å². The number of nitrogens with one attached hydrogen (secondary N) is 2. The summed E-state index contributed by atoms with van der Waals surface area (Å²) in [6.07, 6.45) is 3.61. The van der Waals surface area contributed by atoms with Gasteiger partial charge in [-0.1, -0.05) is 11.8 Å². The number of nitriles is 1. The summed E-state index contributed by atoms with van der Waals surface area (Å²) in [5.41, 5.74) is 1.59. The van der Waals surface area contributed by atoms with E-state index in [1.807, 2.05) is 4.57 Å². The van der Waals surface area contributed by atoms with E-state index in [-0.39, 0.29) is 18.7 Å². The van der Waals surface area contributed by atoms with Gasteiger partial charge < -0.3 is 23.9 Å². The number of aryl methyl sites for hydroxylation is 1. The van der Waals surface area contributed by atoms with Gasteiger partial charge in [0, 0.05) is 37.0 Å². The van der Waals surface area contributed by atoms with Gasteiger partial charge in [-0.3, -0.25) is 10.2 Å². The number of carbonyl (C=O) groups excluding carboxylic acids is 1. The Morgan fingerprint density at radius 2 is 2.03 bits per heavy atom. The van der Waals surface area contributed by atoms with Gasteiger partial charge >= 0.3 is 0 Å². The van der Waals surface area contributed by atoms with Gasteiger partial charge in [0.25, 0.3) is 5.92 Å². The molecule has 1 aromatic carbocycles. The van der Waals surface area contributed by atoms with Crippen molar-refractivity contribution in [3.8, 4) is 17.6 Å². The molecular weight excluding hydrogens is 504 g/mol. The molecule has 2 aliphatic heterocycles. The highest BCUT2D eigenvalue weighted by Crippen LogP contribution is 2.49. The second-order valence-electron chi connectivity index (χ2n) is 9.52. The van der Waals surface area contributed by atoms with Crippen molar-refractivity contribution in [2.75, 3.05) is 19.9 Å². The van der Waals surface area contributed by atoms with E-state index in [2.05, 4.69) is 21.0 Å². The van der Waals surface area contributed by atoms with Gasteiger partial charge in [-0.15, -0.1) is 0 Å². The molecule has 192 valence electrons. The molecule has 4 heterocycles. The third-order valence-corrected chi connectivity index (χ3v) is 8.07. The maximum atomic E-state index is 13.3. The highest BCUT2D eigenvalue weighted by Gasteiger charge is 2.62. The molecule has 2 N–H and O–H groups in total. The number of halogens is 2. The van der Waals surface area contributed by atoms with E-state index in [0.29, 0.717) is 63.8 Å². The fourth-order valence-electron chi connectivity index (χ4n) is 4.84. The number of carbonyl (C=O) groups is 1. The third-order valence-electron chi connectivity index (χ3n) is 7.13. The average Bonchev–Trinajstić information content (AvgIpc) is 3.21. The summed E-state index contributed by atoms with van der Waals surface area (Å²) < 4.78 is 39.2. The number of nitrogens with zero attached hydrogens (tertiary/aromatic N) is 5. The van der Waals surface area contributed by atoms with Crippen LogP contribution in [0.3, 0.4) is 0 Å². The van der Waals surface area contributed by atoms with Gasteiger partial charge in [0.05, 0.1) is 11.9 Å². The van der Waals surface area contributed by atoms with Crippen LogP contribution in [0.25, 0.3) is 11.2 Å². The van der Waals surface area contributed by atoms with E-state index < -0.39 is 17.7 Å².